The van der Waals surface area contributed by atoms with Crippen molar-refractivity contribution in [2.45, 2.75) is 32.0 Å². The standard InChI is InChI=1S/C22H25F2NO6/c1-27-17-9-13(5-8-16(17)31-22(23)24)12-25(15-6-7-15)21(26)14-10-18(28-2)20(30-4)19(11-14)29-3/h5,8-11,15,22H,6-7,12H2,1-4H3. The summed E-state index contributed by atoms with van der Waals surface area (Å²) >= 11 is 0. The summed E-state index contributed by atoms with van der Waals surface area (Å²) in [5.41, 5.74) is 1.12. The number of alkyl halides is 2. The molecule has 0 N–H and O–H groups in total. The number of nitrogens with zero attached hydrogens (tertiary/aromatic N) is 1. The van der Waals surface area contributed by atoms with E-state index < -0.39 is 6.61 Å². The van der Waals surface area contributed by atoms with Gasteiger partial charge in [-0.15, -0.1) is 0 Å². The lowest BCUT2D eigenvalue weighted by Gasteiger charge is -2.24. The van der Waals surface area contributed by atoms with Crippen LogP contribution in [0.4, 0.5) is 8.78 Å². The van der Waals surface area contributed by atoms with Gasteiger partial charge >= 0.3 is 6.61 Å². The van der Waals surface area contributed by atoms with Crippen LogP contribution in [-0.4, -0.2) is 51.9 Å². The SMILES string of the molecule is COc1cc(CN(C(=O)c2cc(OC)c(OC)c(OC)c2)C2CC2)ccc1OC(F)F. The van der Waals surface area contributed by atoms with E-state index in [9.17, 15) is 13.6 Å². The summed E-state index contributed by atoms with van der Waals surface area (Å²) in [6.07, 6.45) is 1.78. The molecule has 1 saturated carbocycles. The molecular formula is C22H25F2NO6. The Morgan fingerprint density at radius 2 is 1.55 bits per heavy atom. The molecule has 1 fully saturated rings. The Bertz CT molecular complexity index is 907. The normalized spacial score (nSPS) is 13.0. The number of halogens is 2. The van der Waals surface area contributed by atoms with E-state index in [-0.39, 0.29) is 30.0 Å². The Hall–Kier alpha value is -3.23. The van der Waals surface area contributed by atoms with Crippen molar-refractivity contribution >= 4 is 5.91 Å². The van der Waals surface area contributed by atoms with Gasteiger partial charge in [-0.1, -0.05) is 6.07 Å². The quantitative estimate of drug-likeness (QED) is 0.557. The van der Waals surface area contributed by atoms with Gasteiger partial charge in [-0.2, -0.15) is 8.78 Å². The topological polar surface area (TPSA) is 66.5 Å². The smallest absolute Gasteiger partial charge is 0.387 e. The molecule has 0 radical (unpaired) electrons. The van der Waals surface area contributed by atoms with Crippen LogP contribution in [0.25, 0.3) is 0 Å². The zero-order valence-corrected chi connectivity index (χ0v) is 17.8. The maximum absolute atomic E-state index is 13.4. The molecule has 2 aromatic carbocycles. The van der Waals surface area contributed by atoms with Crippen LogP contribution in [0.5, 0.6) is 28.7 Å². The highest BCUT2D eigenvalue weighted by Crippen LogP contribution is 2.40. The van der Waals surface area contributed by atoms with E-state index in [0.717, 1.165) is 18.4 Å². The Labute approximate surface area is 179 Å². The van der Waals surface area contributed by atoms with Gasteiger partial charge in [0, 0.05) is 18.2 Å². The summed E-state index contributed by atoms with van der Waals surface area (Å²) in [5, 5.41) is 0. The molecule has 168 valence electrons. The molecule has 7 nitrogen and oxygen atoms in total. The first-order chi connectivity index (χ1) is 14.9. The number of ether oxygens (including phenoxy) is 5. The Balaban J connectivity index is 1.89. The van der Waals surface area contributed by atoms with Crippen LogP contribution in [0.3, 0.4) is 0 Å². The first-order valence-corrected chi connectivity index (χ1v) is 9.64. The Morgan fingerprint density at radius 3 is 2.03 bits per heavy atom. The number of methoxy groups -OCH3 is 4. The lowest BCUT2D eigenvalue weighted by atomic mass is 10.1. The number of rotatable bonds is 10. The summed E-state index contributed by atoms with van der Waals surface area (Å²) in [7, 11) is 5.84. The van der Waals surface area contributed by atoms with Gasteiger partial charge in [-0.05, 0) is 42.7 Å². The molecule has 1 amide bonds. The Morgan fingerprint density at radius 1 is 0.935 bits per heavy atom. The van der Waals surface area contributed by atoms with Crippen LogP contribution in [-0.2, 0) is 6.54 Å². The zero-order chi connectivity index (χ0) is 22.5. The minimum Gasteiger partial charge on any atom is -0.493 e. The van der Waals surface area contributed by atoms with E-state index in [1.807, 2.05) is 0 Å². The van der Waals surface area contributed by atoms with Gasteiger partial charge in [-0.25, -0.2) is 0 Å². The average molecular weight is 437 g/mol. The first-order valence-electron chi connectivity index (χ1n) is 9.64. The highest BCUT2D eigenvalue weighted by Gasteiger charge is 2.34. The second-order valence-corrected chi connectivity index (χ2v) is 6.94. The Kier molecular flexibility index (Phi) is 7.04. The van der Waals surface area contributed by atoms with Crippen molar-refractivity contribution in [3.8, 4) is 28.7 Å². The third-order valence-corrected chi connectivity index (χ3v) is 4.96. The van der Waals surface area contributed by atoms with Crippen molar-refractivity contribution in [3.05, 3.63) is 41.5 Å². The maximum atomic E-state index is 13.4. The van der Waals surface area contributed by atoms with Crippen molar-refractivity contribution in [2.75, 3.05) is 28.4 Å². The number of benzene rings is 2. The van der Waals surface area contributed by atoms with Crippen LogP contribution in [0.1, 0.15) is 28.8 Å². The molecule has 0 bridgehead atoms. The van der Waals surface area contributed by atoms with E-state index in [4.69, 9.17) is 18.9 Å². The fourth-order valence-electron chi connectivity index (χ4n) is 3.32. The van der Waals surface area contributed by atoms with Crippen molar-refractivity contribution in [2.24, 2.45) is 0 Å². The van der Waals surface area contributed by atoms with Crippen LogP contribution in [0, 0.1) is 0 Å². The molecule has 0 heterocycles. The number of hydrogen-bond donors (Lipinski definition) is 0. The largest absolute Gasteiger partial charge is 0.493 e. The zero-order valence-electron chi connectivity index (χ0n) is 17.8. The van der Waals surface area contributed by atoms with Crippen LogP contribution in [0.2, 0.25) is 0 Å². The van der Waals surface area contributed by atoms with Gasteiger partial charge in [-0.3, -0.25) is 4.79 Å². The molecule has 3 rings (SSSR count). The first kappa shape index (κ1) is 22.5. The average Bonchev–Trinajstić information content (AvgIpc) is 3.61. The van der Waals surface area contributed by atoms with Crippen LogP contribution >= 0.6 is 0 Å². The molecule has 0 spiro atoms. The number of carbonyl (C=O) groups excluding carboxylic acids is 1. The molecular weight excluding hydrogens is 412 g/mol. The molecule has 0 atom stereocenters. The molecule has 2 aromatic rings. The van der Waals surface area contributed by atoms with Crippen LogP contribution in [0.15, 0.2) is 30.3 Å². The molecule has 1 aliphatic carbocycles. The lowest BCUT2D eigenvalue weighted by Crippen LogP contribution is -2.32. The van der Waals surface area contributed by atoms with Gasteiger partial charge in [0.2, 0.25) is 5.75 Å². The highest BCUT2D eigenvalue weighted by molar-refractivity contribution is 5.96. The highest BCUT2D eigenvalue weighted by atomic mass is 19.3. The second kappa shape index (κ2) is 9.72. The third-order valence-electron chi connectivity index (χ3n) is 4.96. The van der Waals surface area contributed by atoms with Gasteiger partial charge in [0.25, 0.3) is 5.91 Å². The second-order valence-electron chi connectivity index (χ2n) is 6.94. The minimum atomic E-state index is -2.95. The van der Waals surface area contributed by atoms with Gasteiger partial charge in [0.05, 0.1) is 28.4 Å². The van der Waals surface area contributed by atoms with Gasteiger partial charge in [0.1, 0.15) is 0 Å². The summed E-state index contributed by atoms with van der Waals surface area (Å²) < 4.78 is 50.8. The predicted molar refractivity (Wildman–Crippen MR) is 109 cm³/mol. The van der Waals surface area contributed by atoms with E-state index in [1.165, 1.54) is 34.5 Å². The lowest BCUT2D eigenvalue weighted by molar-refractivity contribution is -0.0512. The molecule has 0 unspecified atom stereocenters. The molecule has 9 heteroatoms. The van der Waals surface area contributed by atoms with Crippen molar-refractivity contribution < 1.29 is 37.3 Å². The van der Waals surface area contributed by atoms with Gasteiger partial charge < -0.3 is 28.6 Å². The van der Waals surface area contributed by atoms with E-state index >= 15 is 0 Å². The predicted octanol–water partition coefficient (Wildman–Crippen LogP) is 4.13. The fraction of sp³-hybridized carbons (Fsp3) is 0.409. The summed E-state index contributed by atoms with van der Waals surface area (Å²) in [6, 6.07) is 7.95. The molecule has 31 heavy (non-hydrogen) atoms. The fourth-order valence-corrected chi connectivity index (χ4v) is 3.32. The van der Waals surface area contributed by atoms with E-state index in [1.54, 1.807) is 29.2 Å². The van der Waals surface area contributed by atoms with E-state index in [2.05, 4.69) is 4.74 Å². The molecule has 1 aliphatic rings. The molecule has 0 aliphatic heterocycles. The molecule has 0 aromatic heterocycles. The van der Waals surface area contributed by atoms with Crippen molar-refractivity contribution in [3.63, 3.8) is 0 Å². The van der Waals surface area contributed by atoms with Gasteiger partial charge in [0.15, 0.2) is 23.0 Å². The number of amides is 1. The minimum absolute atomic E-state index is 0.0600. The molecule has 0 saturated heterocycles. The summed E-state index contributed by atoms with van der Waals surface area (Å²) in [6.45, 7) is -2.67. The number of carbonyl (C=O) groups is 1. The van der Waals surface area contributed by atoms with Crippen molar-refractivity contribution in [1.29, 1.82) is 0 Å². The summed E-state index contributed by atoms with van der Waals surface area (Å²) in [4.78, 5) is 15.1. The van der Waals surface area contributed by atoms with Crippen molar-refractivity contribution in [1.82, 2.24) is 4.90 Å². The van der Waals surface area contributed by atoms with E-state index in [0.29, 0.717) is 22.8 Å². The summed E-state index contributed by atoms with van der Waals surface area (Å²) in [5.74, 6) is 1.09. The third kappa shape index (κ3) is 5.10. The van der Waals surface area contributed by atoms with Crippen LogP contribution < -0.4 is 23.7 Å². The number of hydrogen-bond acceptors (Lipinski definition) is 6. The monoisotopic (exact) mass is 437 g/mol. The maximum Gasteiger partial charge on any atom is 0.387 e.